The number of hydrogen-bond acceptors (Lipinski definition) is 2. The molecular weight excluding hydrogens is 338 g/mol. The minimum atomic E-state index is -0.242. The Morgan fingerprint density at radius 2 is 1.57 bits per heavy atom. The topological polar surface area (TPSA) is 23.6 Å². The van der Waals surface area contributed by atoms with Crippen molar-refractivity contribution in [2.75, 3.05) is 31.1 Å². The second kappa shape index (κ2) is 6.77. The molecule has 0 spiro atoms. The molecule has 23 heavy (non-hydrogen) atoms. The van der Waals surface area contributed by atoms with Crippen molar-refractivity contribution in [3.63, 3.8) is 0 Å². The van der Waals surface area contributed by atoms with E-state index < -0.39 is 0 Å². The molecule has 0 aromatic heterocycles. The highest BCUT2D eigenvalue weighted by Gasteiger charge is 2.23. The first kappa shape index (κ1) is 16.1. The van der Waals surface area contributed by atoms with Crippen LogP contribution in [0.4, 0.5) is 10.1 Å². The summed E-state index contributed by atoms with van der Waals surface area (Å²) in [5.74, 6) is -0.350. The molecule has 1 saturated heterocycles. The zero-order valence-corrected chi connectivity index (χ0v) is 13.8. The molecule has 1 aliphatic heterocycles. The van der Waals surface area contributed by atoms with Crippen LogP contribution in [0, 0.1) is 5.82 Å². The molecular formula is C17H15Cl2FN2O. The lowest BCUT2D eigenvalue weighted by atomic mass is 10.1. The van der Waals surface area contributed by atoms with Gasteiger partial charge >= 0.3 is 0 Å². The summed E-state index contributed by atoms with van der Waals surface area (Å²) in [6.07, 6.45) is 0. The maximum Gasteiger partial charge on any atom is 0.254 e. The van der Waals surface area contributed by atoms with Crippen molar-refractivity contribution in [2.45, 2.75) is 0 Å². The Hall–Kier alpha value is -1.78. The van der Waals surface area contributed by atoms with Crippen molar-refractivity contribution >= 4 is 34.8 Å². The summed E-state index contributed by atoms with van der Waals surface area (Å²) in [5.41, 5.74) is 1.05. The maximum absolute atomic E-state index is 13.8. The number of rotatable bonds is 2. The highest BCUT2D eigenvalue weighted by molar-refractivity contribution is 6.35. The van der Waals surface area contributed by atoms with Crippen LogP contribution in [-0.2, 0) is 0 Å². The van der Waals surface area contributed by atoms with Crippen LogP contribution in [0.1, 0.15) is 10.4 Å². The summed E-state index contributed by atoms with van der Waals surface area (Å²) in [4.78, 5) is 16.2. The summed E-state index contributed by atoms with van der Waals surface area (Å²) < 4.78 is 13.8. The van der Waals surface area contributed by atoms with Crippen LogP contribution < -0.4 is 4.90 Å². The summed E-state index contributed by atoms with van der Waals surface area (Å²) in [7, 11) is 0. The van der Waals surface area contributed by atoms with E-state index in [0.717, 1.165) is 0 Å². The van der Waals surface area contributed by atoms with E-state index in [1.54, 1.807) is 35.2 Å². The standard InChI is InChI=1S/C17H15Cl2FN2O/c18-13-9-12(10-14(19)11-13)17(23)22-7-5-21(6-8-22)16-4-2-1-3-15(16)20/h1-4,9-11H,5-8H2. The maximum atomic E-state index is 13.8. The number of piperazine rings is 1. The Labute approximate surface area is 144 Å². The second-order valence-electron chi connectivity index (χ2n) is 5.39. The van der Waals surface area contributed by atoms with Gasteiger partial charge in [-0.05, 0) is 30.3 Å². The van der Waals surface area contributed by atoms with Crippen molar-refractivity contribution < 1.29 is 9.18 Å². The van der Waals surface area contributed by atoms with Crippen molar-refractivity contribution in [1.29, 1.82) is 0 Å². The number of para-hydroxylation sites is 1. The third-order valence-electron chi connectivity index (χ3n) is 3.87. The normalized spacial score (nSPS) is 14.9. The minimum Gasteiger partial charge on any atom is -0.366 e. The van der Waals surface area contributed by atoms with Gasteiger partial charge in [0.15, 0.2) is 0 Å². The second-order valence-corrected chi connectivity index (χ2v) is 6.26. The number of carbonyl (C=O) groups is 1. The van der Waals surface area contributed by atoms with Crippen LogP contribution in [0.3, 0.4) is 0 Å². The van der Waals surface area contributed by atoms with E-state index in [4.69, 9.17) is 23.2 Å². The molecule has 0 bridgehead atoms. The van der Waals surface area contributed by atoms with E-state index >= 15 is 0 Å². The van der Waals surface area contributed by atoms with E-state index in [2.05, 4.69) is 0 Å². The van der Waals surface area contributed by atoms with Crippen LogP contribution in [0.2, 0.25) is 10.0 Å². The number of nitrogens with zero attached hydrogens (tertiary/aromatic N) is 2. The van der Waals surface area contributed by atoms with Gasteiger partial charge in [-0.25, -0.2) is 4.39 Å². The first-order valence-corrected chi connectivity index (χ1v) is 8.05. The fourth-order valence-corrected chi connectivity index (χ4v) is 3.24. The molecule has 2 aromatic carbocycles. The third-order valence-corrected chi connectivity index (χ3v) is 4.31. The zero-order chi connectivity index (χ0) is 16.4. The summed E-state index contributed by atoms with van der Waals surface area (Å²) >= 11 is 11.9. The highest BCUT2D eigenvalue weighted by Crippen LogP contribution is 2.23. The molecule has 0 N–H and O–H groups in total. The number of anilines is 1. The SMILES string of the molecule is O=C(c1cc(Cl)cc(Cl)c1)N1CCN(c2ccccc2F)CC1. The molecule has 0 unspecified atom stereocenters. The van der Waals surface area contributed by atoms with Gasteiger partial charge in [0.2, 0.25) is 0 Å². The number of amides is 1. The van der Waals surface area contributed by atoms with E-state index in [1.807, 2.05) is 11.0 Å². The molecule has 0 radical (unpaired) electrons. The van der Waals surface area contributed by atoms with Gasteiger partial charge in [0.05, 0.1) is 5.69 Å². The van der Waals surface area contributed by atoms with Crippen LogP contribution in [0.15, 0.2) is 42.5 Å². The molecule has 120 valence electrons. The molecule has 2 aromatic rings. The molecule has 1 heterocycles. The Morgan fingerprint density at radius 1 is 0.957 bits per heavy atom. The van der Waals surface area contributed by atoms with E-state index in [-0.39, 0.29) is 11.7 Å². The third kappa shape index (κ3) is 3.59. The van der Waals surface area contributed by atoms with Crippen molar-refractivity contribution in [3.8, 4) is 0 Å². The number of benzene rings is 2. The first-order valence-electron chi connectivity index (χ1n) is 7.29. The molecule has 6 heteroatoms. The predicted octanol–water partition coefficient (Wildman–Crippen LogP) is 4.09. The number of halogens is 3. The van der Waals surface area contributed by atoms with Gasteiger partial charge in [-0.2, -0.15) is 0 Å². The minimum absolute atomic E-state index is 0.109. The van der Waals surface area contributed by atoms with Gasteiger partial charge in [0.1, 0.15) is 5.82 Å². The largest absolute Gasteiger partial charge is 0.366 e. The molecule has 3 nitrogen and oxygen atoms in total. The van der Waals surface area contributed by atoms with Gasteiger partial charge in [-0.3, -0.25) is 4.79 Å². The highest BCUT2D eigenvalue weighted by atomic mass is 35.5. The summed E-state index contributed by atoms with van der Waals surface area (Å²) in [6, 6.07) is 11.5. The van der Waals surface area contributed by atoms with Gasteiger partial charge < -0.3 is 9.80 Å². The lowest BCUT2D eigenvalue weighted by Gasteiger charge is -2.36. The molecule has 0 atom stereocenters. The summed E-state index contributed by atoms with van der Waals surface area (Å²) in [5, 5.41) is 0.872. The number of carbonyl (C=O) groups excluding carboxylic acids is 1. The van der Waals surface area contributed by atoms with Crippen LogP contribution >= 0.6 is 23.2 Å². The first-order chi connectivity index (χ1) is 11.0. The van der Waals surface area contributed by atoms with Gasteiger partial charge in [-0.15, -0.1) is 0 Å². The van der Waals surface area contributed by atoms with Crippen molar-refractivity contribution in [2.24, 2.45) is 0 Å². The molecule has 1 aliphatic rings. The Bertz CT molecular complexity index is 710. The summed E-state index contributed by atoms with van der Waals surface area (Å²) in [6.45, 7) is 2.22. The average Bonchev–Trinajstić information content (AvgIpc) is 2.54. The fourth-order valence-electron chi connectivity index (χ4n) is 2.72. The molecule has 0 aliphatic carbocycles. The van der Waals surface area contributed by atoms with Crippen LogP contribution in [0.5, 0.6) is 0 Å². The van der Waals surface area contributed by atoms with Crippen molar-refractivity contribution in [1.82, 2.24) is 4.90 Å². The Kier molecular flexibility index (Phi) is 4.74. The predicted molar refractivity (Wildman–Crippen MR) is 91.0 cm³/mol. The molecule has 0 saturated carbocycles. The van der Waals surface area contributed by atoms with E-state index in [9.17, 15) is 9.18 Å². The zero-order valence-electron chi connectivity index (χ0n) is 12.3. The monoisotopic (exact) mass is 352 g/mol. The number of hydrogen-bond donors (Lipinski definition) is 0. The van der Waals surface area contributed by atoms with Gasteiger partial charge in [-0.1, -0.05) is 35.3 Å². The van der Waals surface area contributed by atoms with Crippen LogP contribution in [-0.4, -0.2) is 37.0 Å². The quantitative estimate of drug-likeness (QED) is 0.812. The lowest BCUT2D eigenvalue weighted by molar-refractivity contribution is 0.0746. The van der Waals surface area contributed by atoms with Crippen molar-refractivity contribution in [3.05, 3.63) is 63.9 Å². The lowest BCUT2D eigenvalue weighted by Crippen LogP contribution is -2.49. The van der Waals surface area contributed by atoms with Gasteiger partial charge in [0, 0.05) is 41.8 Å². The molecule has 1 amide bonds. The Balaban J connectivity index is 1.69. The van der Waals surface area contributed by atoms with Crippen LogP contribution in [0.25, 0.3) is 0 Å². The Morgan fingerprint density at radius 3 is 2.17 bits per heavy atom. The fraction of sp³-hybridized carbons (Fsp3) is 0.235. The van der Waals surface area contributed by atoms with Gasteiger partial charge in [0.25, 0.3) is 5.91 Å². The molecule has 3 rings (SSSR count). The van der Waals surface area contributed by atoms with E-state index in [0.29, 0.717) is 47.5 Å². The molecule has 1 fully saturated rings. The van der Waals surface area contributed by atoms with E-state index in [1.165, 1.54) is 6.07 Å². The smallest absolute Gasteiger partial charge is 0.254 e. The average molecular weight is 353 g/mol.